The number of nitriles is 1. The predicted octanol–water partition coefficient (Wildman–Crippen LogP) is 4.33. The molecule has 0 radical (unpaired) electrons. The lowest BCUT2D eigenvalue weighted by molar-refractivity contribution is 0.519. The lowest BCUT2D eigenvalue weighted by Gasteiger charge is -2.15. The third kappa shape index (κ3) is 3.11. The Kier molecular flexibility index (Phi) is 4.53. The molecule has 0 spiro atoms. The normalized spacial score (nSPS) is 11.8. The van der Waals surface area contributed by atoms with Crippen LogP contribution >= 0.6 is 0 Å². The molecule has 3 aromatic rings. The van der Waals surface area contributed by atoms with E-state index in [-0.39, 0.29) is 6.04 Å². The van der Waals surface area contributed by atoms with Crippen molar-refractivity contribution in [2.75, 3.05) is 0 Å². The van der Waals surface area contributed by atoms with Gasteiger partial charge in [0.15, 0.2) is 0 Å². The molecular weight excluding hydrogens is 310 g/mol. The minimum absolute atomic E-state index is 0.272. The summed E-state index contributed by atoms with van der Waals surface area (Å²) in [6, 6.07) is 12.2. The van der Waals surface area contributed by atoms with Crippen molar-refractivity contribution in [3.8, 4) is 11.9 Å². The van der Waals surface area contributed by atoms with Crippen molar-refractivity contribution in [3.63, 3.8) is 0 Å². The van der Waals surface area contributed by atoms with Crippen molar-refractivity contribution in [2.24, 2.45) is 0 Å². The van der Waals surface area contributed by atoms with E-state index in [0.29, 0.717) is 11.3 Å². The molecule has 5 heteroatoms. The van der Waals surface area contributed by atoms with Gasteiger partial charge in [-0.25, -0.2) is 4.68 Å². The van der Waals surface area contributed by atoms with Crippen LogP contribution in [-0.4, -0.2) is 19.3 Å². The van der Waals surface area contributed by atoms with Crippen LogP contribution in [0.2, 0.25) is 0 Å². The second kappa shape index (κ2) is 6.78. The van der Waals surface area contributed by atoms with Crippen LogP contribution in [0.15, 0.2) is 42.7 Å². The summed E-state index contributed by atoms with van der Waals surface area (Å²) in [6.07, 6.45) is 5.42. The second-order valence-electron chi connectivity index (χ2n) is 6.27. The second-order valence-corrected chi connectivity index (χ2v) is 6.27. The summed E-state index contributed by atoms with van der Waals surface area (Å²) in [5.74, 6) is 1.03. The van der Waals surface area contributed by atoms with Gasteiger partial charge in [-0.3, -0.25) is 4.98 Å². The van der Waals surface area contributed by atoms with E-state index >= 15 is 0 Å². The summed E-state index contributed by atoms with van der Waals surface area (Å²) in [7, 11) is 0. The van der Waals surface area contributed by atoms with Gasteiger partial charge in [-0.15, -0.1) is 0 Å². The zero-order valence-electron chi connectivity index (χ0n) is 14.9. The summed E-state index contributed by atoms with van der Waals surface area (Å²) in [5, 5.41) is 14.0. The number of rotatable bonds is 4. The molecule has 0 fully saturated rings. The smallest absolute Gasteiger partial charge is 0.135 e. The highest BCUT2D eigenvalue weighted by molar-refractivity contribution is 5.88. The molecule has 0 saturated heterocycles. The number of allylic oxidation sites excluding steroid dienone is 1. The Hall–Kier alpha value is -3.13. The Morgan fingerprint density at radius 3 is 2.64 bits per heavy atom. The highest BCUT2D eigenvalue weighted by atomic mass is 15.3. The fraction of sp³-hybridized carbons (Fsp3) is 0.250. The number of aromatic nitrogens is 4. The molecule has 0 bridgehead atoms. The predicted molar refractivity (Wildman–Crippen MR) is 99.1 cm³/mol. The van der Waals surface area contributed by atoms with E-state index in [9.17, 15) is 5.26 Å². The topological polar surface area (TPSA) is 59.4 Å². The van der Waals surface area contributed by atoms with Crippen LogP contribution in [0.5, 0.6) is 0 Å². The zero-order chi connectivity index (χ0) is 18.0. The van der Waals surface area contributed by atoms with E-state index in [1.54, 1.807) is 6.20 Å². The fourth-order valence-electron chi connectivity index (χ4n) is 3.01. The minimum atomic E-state index is 0.272. The Bertz CT molecular complexity index is 952. The summed E-state index contributed by atoms with van der Waals surface area (Å²) < 4.78 is 4.17. The summed E-state index contributed by atoms with van der Waals surface area (Å²) >= 11 is 0. The summed E-state index contributed by atoms with van der Waals surface area (Å²) in [5.41, 5.74) is 4.42. The van der Waals surface area contributed by atoms with Gasteiger partial charge < -0.3 is 4.57 Å². The summed E-state index contributed by atoms with van der Waals surface area (Å²) in [4.78, 5) is 4.28. The number of hydrogen-bond acceptors (Lipinski definition) is 3. The van der Waals surface area contributed by atoms with Crippen LogP contribution in [-0.2, 0) is 0 Å². The maximum absolute atomic E-state index is 9.53. The van der Waals surface area contributed by atoms with E-state index in [0.717, 1.165) is 22.8 Å². The Labute approximate surface area is 147 Å². The van der Waals surface area contributed by atoms with Crippen molar-refractivity contribution in [2.45, 2.75) is 33.7 Å². The van der Waals surface area contributed by atoms with Crippen LogP contribution in [0.3, 0.4) is 0 Å². The average Bonchev–Trinajstić information content (AvgIpc) is 3.18. The third-order valence-corrected chi connectivity index (χ3v) is 4.20. The molecule has 5 nitrogen and oxygen atoms in total. The number of nitrogens with zero attached hydrogens (tertiary/aromatic N) is 5. The van der Waals surface area contributed by atoms with Gasteiger partial charge in [-0.05, 0) is 57.5 Å². The Morgan fingerprint density at radius 1 is 1.20 bits per heavy atom. The monoisotopic (exact) mass is 331 g/mol. The maximum Gasteiger partial charge on any atom is 0.135 e. The first kappa shape index (κ1) is 16.7. The van der Waals surface area contributed by atoms with Crippen LogP contribution in [0.1, 0.15) is 42.5 Å². The molecule has 0 aliphatic heterocycles. The van der Waals surface area contributed by atoms with Crippen LogP contribution < -0.4 is 0 Å². The van der Waals surface area contributed by atoms with Gasteiger partial charge in [-0.1, -0.05) is 6.07 Å². The minimum Gasteiger partial charge on any atom is -0.303 e. The molecule has 3 aromatic heterocycles. The molecule has 3 heterocycles. The van der Waals surface area contributed by atoms with Crippen LogP contribution in [0.25, 0.3) is 17.5 Å². The first-order valence-electron chi connectivity index (χ1n) is 8.29. The fourth-order valence-corrected chi connectivity index (χ4v) is 3.01. The SMILES string of the molecule is Cc1cc(C=C(C#N)c2ccccn2)c(C)n1-c1ccnn1C(C)C. The van der Waals surface area contributed by atoms with Gasteiger partial charge in [0, 0.05) is 29.7 Å². The average molecular weight is 331 g/mol. The van der Waals surface area contributed by atoms with Crippen molar-refractivity contribution < 1.29 is 0 Å². The maximum atomic E-state index is 9.53. The van der Waals surface area contributed by atoms with Gasteiger partial charge in [0.05, 0.1) is 17.5 Å². The molecule has 0 saturated carbocycles. The third-order valence-electron chi connectivity index (χ3n) is 4.20. The number of aryl methyl sites for hydroxylation is 1. The molecule has 0 aliphatic carbocycles. The van der Waals surface area contributed by atoms with Crippen molar-refractivity contribution >= 4 is 11.6 Å². The molecule has 0 N–H and O–H groups in total. The zero-order valence-corrected chi connectivity index (χ0v) is 14.9. The Morgan fingerprint density at radius 2 is 2.00 bits per heavy atom. The van der Waals surface area contributed by atoms with Gasteiger partial charge in [0.2, 0.25) is 0 Å². The molecule has 0 unspecified atom stereocenters. The standard InChI is InChI=1S/C20H21N5/c1-14(2)25-20(8-10-23-25)24-15(3)11-17(16(24)4)12-18(13-21)19-7-5-6-9-22-19/h5-12,14H,1-4H3. The van der Waals surface area contributed by atoms with E-state index < -0.39 is 0 Å². The lowest BCUT2D eigenvalue weighted by atomic mass is 10.1. The van der Waals surface area contributed by atoms with Crippen molar-refractivity contribution in [1.29, 1.82) is 5.26 Å². The quantitative estimate of drug-likeness (QED) is 0.669. The van der Waals surface area contributed by atoms with E-state index in [2.05, 4.69) is 54.5 Å². The molecule has 0 atom stereocenters. The molecule has 25 heavy (non-hydrogen) atoms. The van der Waals surface area contributed by atoms with E-state index in [1.807, 2.05) is 41.2 Å². The van der Waals surface area contributed by atoms with E-state index in [1.165, 1.54) is 0 Å². The van der Waals surface area contributed by atoms with Crippen LogP contribution in [0.4, 0.5) is 0 Å². The van der Waals surface area contributed by atoms with Gasteiger partial charge in [0.1, 0.15) is 11.9 Å². The number of pyridine rings is 1. The first-order chi connectivity index (χ1) is 12.0. The molecule has 0 aliphatic rings. The van der Waals surface area contributed by atoms with Crippen molar-refractivity contribution in [3.05, 3.63) is 65.4 Å². The van der Waals surface area contributed by atoms with Crippen LogP contribution in [0, 0.1) is 25.2 Å². The van der Waals surface area contributed by atoms with Gasteiger partial charge in [0.25, 0.3) is 0 Å². The van der Waals surface area contributed by atoms with E-state index in [4.69, 9.17) is 0 Å². The molecular formula is C20H21N5. The highest BCUT2D eigenvalue weighted by Gasteiger charge is 2.15. The molecule has 3 rings (SSSR count). The highest BCUT2D eigenvalue weighted by Crippen LogP contribution is 2.25. The lowest BCUT2D eigenvalue weighted by Crippen LogP contribution is -2.11. The molecule has 0 amide bonds. The molecule has 126 valence electrons. The van der Waals surface area contributed by atoms with Crippen molar-refractivity contribution in [1.82, 2.24) is 19.3 Å². The largest absolute Gasteiger partial charge is 0.303 e. The number of hydrogen-bond donors (Lipinski definition) is 0. The van der Waals surface area contributed by atoms with Gasteiger partial charge >= 0.3 is 0 Å². The molecule has 0 aromatic carbocycles. The van der Waals surface area contributed by atoms with Gasteiger partial charge in [-0.2, -0.15) is 10.4 Å². The summed E-state index contributed by atoms with van der Waals surface area (Å²) in [6.45, 7) is 8.35. The Balaban J connectivity index is 2.10. The first-order valence-corrected chi connectivity index (χ1v) is 8.29.